The van der Waals surface area contributed by atoms with Gasteiger partial charge in [-0.2, -0.15) is 0 Å². The minimum absolute atomic E-state index is 0.0516. The fourth-order valence-corrected chi connectivity index (χ4v) is 3.84. The molecule has 1 rings (SSSR count). The lowest BCUT2D eigenvalue weighted by Gasteiger charge is -2.45. The van der Waals surface area contributed by atoms with Crippen LogP contribution in [0.2, 0.25) is 0 Å². The number of ether oxygens (including phenoxy) is 1. The Morgan fingerprint density at radius 3 is 2.30 bits per heavy atom. The summed E-state index contributed by atoms with van der Waals surface area (Å²) in [6, 6.07) is 0.491. The lowest BCUT2D eigenvalue weighted by Crippen LogP contribution is -2.48. The van der Waals surface area contributed by atoms with Crippen molar-refractivity contribution in [2.24, 2.45) is 10.8 Å². The van der Waals surface area contributed by atoms with Crippen LogP contribution in [0.4, 0.5) is 0 Å². The monoisotopic (exact) mass is 284 g/mol. The molecule has 0 spiro atoms. The van der Waals surface area contributed by atoms with Crippen LogP contribution in [0.5, 0.6) is 0 Å². The summed E-state index contributed by atoms with van der Waals surface area (Å²) in [6.45, 7) is 12.2. The smallest absolute Gasteiger partial charge is 0.234 e. The van der Waals surface area contributed by atoms with Gasteiger partial charge in [-0.25, -0.2) is 0 Å². The van der Waals surface area contributed by atoms with Gasteiger partial charge in [-0.3, -0.25) is 4.79 Å². The van der Waals surface area contributed by atoms with E-state index in [-0.39, 0.29) is 11.9 Å². The minimum atomic E-state index is 0.0516. The third kappa shape index (κ3) is 6.23. The molecule has 1 aliphatic carbocycles. The number of hydrogen-bond donors (Lipinski definition) is 2. The number of hydrogen-bond acceptors (Lipinski definition) is 3. The first-order valence-electron chi connectivity index (χ1n) is 7.65. The fraction of sp³-hybridized carbons (Fsp3) is 0.938. The molecule has 20 heavy (non-hydrogen) atoms. The van der Waals surface area contributed by atoms with E-state index in [0.717, 1.165) is 12.8 Å². The molecule has 0 aromatic rings. The average molecular weight is 284 g/mol. The Bertz CT molecular complexity index is 310. The van der Waals surface area contributed by atoms with Gasteiger partial charge in [0.05, 0.1) is 13.2 Å². The Morgan fingerprint density at radius 1 is 1.25 bits per heavy atom. The Balaban J connectivity index is 2.39. The van der Waals surface area contributed by atoms with E-state index in [0.29, 0.717) is 30.0 Å². The second-order valence-corrected chi connectivity index (χ2v) is 7.92. The first-order valence-corrected chi connectivity index (χ1v) is 7.65. The quantitative estimate of drug-likeness (QED) is 0.787. The van der Waals surface area contributed by atoms with Crippen molar-refractivity contribution in [2.45, 2.75) is 66.0 Å². The topological polar surface area (TPSA) is 50.4 Å². The van der Waals surface area contributed by atoms with Crippen molar-refractivity contribution in [3.05, 3.63) is 0 Å². The molecule has 1 aliphatic rings. The molecule has 118 valence electrons. The molecule has 2 N–H and O–H groups in total. The Kier molecular flexibility index (Phi) is 6.02. The number of methoxy groups -OCH3 is 1. The van der Waals surface area contributed by atoms with Crippen molar-refractivity contribution in [1.29, 1.82) is 0 Å². The van der Waals surface area contributed by atoms with Crippen molar-refractivity contribution >= 4 is 5.91 Å². The molecule has 0 aliphatic heterocycles. The van der Waals surface area contributed by atoms with Gasteiger partial charge in [-0.1, -0.05) is 27.7 Å². The summed E-state index contributed by atoms with van der Waals surface area (Å²) in [4.78, 5) is 11.9. The summed E-state index contributed by atoms with van der Waals surface area (Å²) in [5.41, 5.74) is 0.693. The zero-order valence-electron chi connectivity index (χ0n) is 14.0. The highest BCUT2D eigenvalue weighted by molar-refractivity contribution is 5.78. The highest BCUT2D eigenvalue weighted by Gasteiger charge is 2.38. The van der Waals surface area contributed by atoms with Crippen LogP contribution in [0.1, 0.15) is 53.9 Å². The largest absolute Gasteiger partial charge is 0.383 e. The normalized spacial score (nSPS) is 23.3. The molecular weight excluding hydrogens is 252 g/mol. The molecule has 0 heterocycles. The number of rotatable bonds is 6. The van der Waals surface area contributed by atoms with Crippen LogP contribution in [0.25, 0.3) is 0 Å². The van der Waals surface area contributed by atoms with Crippen molar-refractivity contribution in [3.8, 4) is 0 Å². The molecule has 1 atom stereocenters. The molecule has 4 heteroatoms. The maximum Gasteiger partial charge on any atom is 0.234 e. The molecule has 1 saturated carbocycles. The molecule has 4 nitrogen and oxygen atoms in total. The average Bonchev–Trinajstić information content (AvgIpc) is 2.22. The van der Waals surface area contributed by atoms with Crippen LogP contribution in [-0.4, -0.2) is 38.3 Å². The van der Waals surface area contributed by atoms with Crippen LogP contribution in [-0.2, 0) is 9.53 Å². The van der Waals surface area contributed by atoms with Crippen molar-refractivity contribution in [2.75, 3.05) is 20.3 Å². The fourth-order valence-electron chi connectivity index (χ4n) is 3.84. The summed E-state index contributed by atoms with van der Waals surface area (Å²) < 4.78 is 5.02. The van der Waals surface area contributed by atoms with Gasteiger partial charge >= 0.3 is 0 Å². The van der Waals surface area contributed by atoms with Gasteiger partial charge in [0.2, 0.25) is 5.91 Å². The Labute approximate surface area is 124 Å². The first-order chi connectivity index (χ1) is 9.13. The summed E-state index contributed by atoms with van der Waals surface area (Å²) in [7, 11) is 1.65. The maximum atomic E-state index is 11.9. The SMILES string of the molecule is COCC(C)NC(=O)CNC1CC(C)(C)CC(C)(C)C1. The molecule has 0 aromatic carbocycles. The summed E-state index contributed by atoms with van der Waals surface area (Å²) >= 11 is 0. The molecule has 1 fully saturated rings. The van der Waals surface area contributed by atoms with Crippen LogP contribution in [0.15, 0.2) is 0 Å². The van der Waals surface area contributed by atoms with Crippen molar-refractivity contribution in [3.63, 3.8) is 0 Å². The van der Waals surface area contributed by atoms with E-state index >= 15 is 0 Å². The molecule has 1 amide bonds. The summed E-state index contributed by atoms with van der Waals surface area (Å²) in [6.07, 6.45) is 3.52. The Hall–Kier alpha value is -0.610. The van der Waals surface area contributed by atoms with Gasteiger partial charge in [0, 0.05) is 19.2 Å². The van der Waals surface area contributed by atoms with Crippen LogP contribution < -0.4 is 10.6 Å². The third-order valence-corrected chi connectivity index (χ3v) is 3.93. The van der Waals surface area contributed by atoms with Crippen LogP contribution in [0, 0.1) is 10.8 Å². The Morgan fingerprint density at radius 2 is 1.80 bits per heavy atom. The van der Waals surface area contributed by atoms with E-state index in [2.05, 4.69) is 38.3 Å². The van der Waals surface area contributed by atoms with E-state index in [9.17, 15) is 4.79 Å². The van der Waals surface area contributed by atoms with Crippen LogP contribution in [0.3, 0.4) is 0 Å². The van der Waals surface area contributed by atoms with Gasteiger partial charge in [0.25, 0.3) is 0 Å². The van der Waals surface area contributed by atoms with E-state index < -0.39 is 0 Å². The lowest BCUT2D eigenvalue weighted by atomic mass is 9.63. The zero-order chi connectivity index (χ0) is 15.4. The minimum Gasteiger partial charge on any atom is -0.383 e. The molecule has 0 aromatic heterocycles. The first kappa shape index (κ1) is 17.4. The molecule has 0 bridgehead atoms. The predicted octanol–water partition coefficient (Wildman–Crippen LogP) is 2.33. The van der Waals surface area contributed by atoms with Gasteiger partial charge < -0.3 is 15.4 Å². The summed E-state index contributed by atoms with van der Waals surface area (Å²) in [5, 5.41) is 6.36. The number of amides is 1. The number of carbonyl (C=O) groups excluding carboxylic acids is 1. The highest BCUT2D eigenvalue weighted by atomic mass is 16.5. The van der Waals surface area contributed by atoms with Gasteiger partial charge in [0.1, 0.15) is 0 Å². The second-order valence-electron chi connectivity index (χ2n) is 7.92. The van der Waals surface area contributed by atoms with Gasteiger partial charge in [-0.15, -0.1) is 0 Å². The molecule has 0 saturated heterocycles. The number of nitrogens with one attached hydrogen (secondary N) is 2. The van der Waals surface area contributed by atoms with E-state index in [1.165, 1.54) is 6.42 Å². The summed E-state index contributed by atoms with van der Waals surface area (Å²) in [5.74, 6) is 0.0516. The lowest BCUT2D eigenvalue weighted by molar-refractivity contribution is -0.121. The van der Waals surface area contributed by atoms with E-state index in [1.807, 2.05) is 6.92 Å². The predicted molar refractivity (Wildman–Crippen MR) is 82.7 cm³/mol. The zero-order valence-corrected chi connectivity index (χ0v) is 14.0. The van der Waals surface area contributed by atoms with Gasteiger partial charge in [0.15, 0.2) is 0 Å². The molecule has 0 radical (unpaired) electrons. The second kappa shape index (κ2) is 6.90. The highest BCUT2D eigenvalue weighted by Crippen LogP contribution is 2.45. The van der Waals surface area contributed by atoms with Gasteiger partial charge in [-0.05, 0) is 37.0 Å². The van der Waals surface area contributed by atoms with Crippen molar-refractivity contribution < 1.29 is 9.53 Å². The molecular formula is C16H32N2O2. The van der Waals surface area contributed by atoms with Crippen LogP contribution >= 0.6 is 0 Å². The van der Waals surface area contributed by atoms with Crippen molar-refractivity contribution in [1.82, 2.24) is 10.6 Å². The number of carbonyl (C=O) groups is 1. The third-order valence-electron chi connectivity index (χ3n) is 3.93. The maximum absolute atomic E-state index is 11.9. The molecule has 1 unspecified atom stereocenters. The standard InChI is InChI=1S/C16H32N2O2/c1-12(10-20-6)18-14(19)9-17-13-7-15(2,3)11-16(4,5)8-13/h12-13,17H,7-11H2,1-6H3,(H,18,19). The van der Waals surface area contributed by atoms with E-state index in [1.54, 1.807) is 7.11 Å². The van der Waals surface area contributed by atoms with E-state index in [4.69, 9.17) is 4.74 Å².